The van der Waals surface area contributed by atoms with Crippen molar-refractivity contribution >= 4 is 47.2 Å². The molecule has 2 fully saturated rings. The zero-order valence-corrected chi connectivity index (χ0v) is 20.9. The zero-order valence-electron chi connectivity index (χ0n) is 18.6. The summed E-state index contributed by atoms with van der Waals surface area (Å²) in [5, 5.41) is 9.67. The minimum absolute atomic E-state index is 0. The van der Waals surface area contributed by atoms with Crippen molar-refractivity contribution in [2.45, 2.75) is 38.3 Å². The number of carbonyl (C=O) groups is 1. The van der Waals surface area contributed by atoms with Crippen molar-refractivity contribution in [3.05, 3.63) is 59.7 Å². The van der Waals surface area contributed by atoms with E-state index in [1.54, 1.807) is 7.05 Å². The minimum atomic E-state index is -0.573. The Kier molecular flexibility index (Phi) is 8.87. The number of benzene rings is 2. The van der Waals surface area contributed by atoms with E-state index in [-0.39, 0.29) is 41.8 Å². The molecule has 2 aromatic rings. The first kappa shape index (κ1) is 25.2. The molecule has 3 N–H and O–H groups in total. The van der Waals surface area contributed by atoms with E-state index >= 15 is 0 Å². The third kappa shape index (κ3) is 6.55. The molecule has 1 saturated heterocycles. The summed E-state index contributed by atoms with van der Waals surface area (Å²) in [5.74, 6) is -0.217. The third-order valence-electron chi connectivity index (χ3n) is 6.13. The van der Waals surface area contributed by atoms with Crippen LogP contribution < -0.4 is 20.9 Å². The maximum atomic E-state index is 14.1. The predicted molar refractivity (Wildman–Crippen MR) is 138 cm³/mol. The summed E-state index contributed by atoms with van der Waals surface area (Å²) in [6, 6.07) is 11.6. The van der Waals surface area contributed by atoms with Crippen LogP contribution in [0.1, 0.15) is 31.2 Å². The number of halogens is 3. The van der Waals surface area contributed by atoms with Crippen LogP contribution in [-0.4, -0.2) is 38.0 Å². The van der Waals surface area contributed by atoms with Crippen LogP contribution in [-0.2, 0) is 11.3 Å². The van der Waals surface area contributed by atoms with Crippen LogP contribution in [0.25, 0.3) is 0 Å². The lowest BCUT2D eigenvalue weighted by atomic mass is 9.85. The molecule has 2 aliphatic rings. The molecule has 0 aromatic heterocycles. The van der Waals surface area contributed by atoms with Gasteiger partial charge in [0.15, 0.2) is 5.96 Å². The SMILES string of the molecule is CN=C(NCc1cccc(NC(=O)C2CCC2)c1)NC1CCN(c2ccc(F)cc2F)C1.I. The molecule has 178 valence electrons. The third-order valence-corrected chi connectivity index (χ3v) is 6.13. The zero-order chi connectivity index (χ0) is 22.5. The van der Waals surface area contributed by atoms with Gasteiger partial charge in [0, 0.05) is 50.4 Å². The molecule has 33 heavy (non-hydrogen) atoms. The van der Waals surface area contributed by atoms with Crippen molar-refractivity contribution in [2.24, 2.45) is 10.9 Å². The van der Waals surface area contributed by atoms with Crippen LogP contribution in [0.15, 0.2) is 47.5 Å². The average molecular weight is 569 g/mol. The number of rotatable bonds is 6. The molecule has 1 amide bonds. The van der Waals surface area contributed by atoms with Gasteiger partial charge in [0.05, 0.1) is 5.69 Å². The topological polar surface area (TPSA) is 68.8 Å². The lowest BCUT2D eigenvalue weighted by Gasteiger charge is -2.24. The second kappa shape index (κ2) is 11.6. The fourth-order valence-electron chi connectivity index (χ4n) is 4.08. The first-order valence-corrected chi connectivity index (χ1v) is 11.1. The lowest BCUT2D eigenvalue weighted by molar-refractivity contribution is -0.122. The van der Waals surface area contributed by atoms with Crippen molar-refractivity contribution < 1.29 is 13.6 Å². The van der Waals surface area contributed by atoms with E-state index in [9.17, 15) is 13.6 Å². The van der Waals surface area contributed by atoms with Gasteiger partial charge in [-0.25, -0.2) is 8.78 Å². The van der Waals surface area contributed by atoms with E-state index in [1.165, 1.54) is 12.1 Å². The molecule has 0 radical (unpaired) electrons. The molecule has 9 heteroatoms. The van der Waals surface area contributed by atoms with Gasteiger partial charge in [-0.1, -0.05) is 18.6 Å². The number of aliphatic imine (C=N–C) groups is 1. The van der Waals surface area contributed by atoms with Crippen molar-refractivity contribution in [1.29, 1.82) is 0 Å². The van der Waals surface area contributed by atoms with E-state index in [4.69, 9.17) is 0 Å². The molecule has 4 rings (SSSR count). The van der Waals surface area contributed by atoms with Crippen LogP contribution >= 0.6 is 24.0 Å². The van der Waals surface area contributed by atoms with Gasteiger partial charge in [-0.2, -0.15) is 0 Å². The molecular formula is C24H30F2IN5O. The molecule has 6 nitrogen and oxygen atoms in total. The molecule has 1 atom stereocenters. The number of carbonyl (C=O) groups excluding carboxylic acids is 1. The van der Waals surface area contributed by atoms with Crippen LogP contribution in [0.5, 0.6) is 0 Å². The summed E-state index contributed by atoms with van der Waals surface area (Å²) in [6.07, 6.45) is 3.90. The highest BCUT2D eigenvalue weighted by Crippen LogP contribution is 2.28. The van der Waals surface area contributed by atoms with Gasteiger partial charge in [0.2, 0.25) is 5.91 Å². The maximum Gasteiger partial charge on any atom is 0.227 e. The molecule has 0 bridgehead atoms. The average Bonchev–Trinajstić information content (AvgIpc) is 3.18. The second-order valence-corrected chi connectivity index (χ2v) is 8.41. The Morgan fingerprint density at radius 2 is 1.97 bits per heavy atom. The normalized spacial score (nSPS) is 18.3. The van der Waals surface area contributed by atoms with Gasteiger partial charge in [0.1, 0.15) is 11.6 Å². The first-order chi connectivity index (χ1) is 15.5. The lowest BCUT2D eigenvalue weighted by Crippen LogP contribution is -2.44. The summed E-state index contributed by atoms with van der Waals surface area (Å²) in [4.78, 5) is 18.4. The molecule has 1 aliphatic carbocycles. The standard InChI is InChI=1S/C24H29F2N5O.HI/c1-27-24(30-20-10-11-31(15-20)22-9-8-18(25)13-21(22)26)28-14-16-4-2-7-19(12-16)29-23(32)17-5-3-6-17;/h2,4,7-9,12-13,17,20H,3,5-6,10-11,14-15H2,1H3,(H,29,32)(H2,27,28,30);1H. The summed E-state index contributed by atoms with van der Waals surface area (Å²) in [5.41, 5.74) is 2.25. The Morgan fingerprint density at radius 1 is 1.15 bits per heavy atom. The maximum absolute atomic E-state index is 14.1. The monoisotopic (exact) mass is 569 g/mol. The Hall–Kier alpha value is -2.43. The van der Waals surface area contributed by atoms with E-state index in [1.807, 2.05) is 29.2 Å². The van der Waals surface area contributed by atoms with E-state index < -0.39 is 11.6 Å². The van der Waals surface area contributed by atoms with Crippen molar-refractivity contribution in [3.8, 4) is 0 Å². The Morgan fingerprint density at radius 3 is 2.67 bits per heavy atom. The largest absolute Gasteiger partial charge is 0.367 e. The Labute approximate surface area is 210 Å². The Balaban J connectivity index is 0.00000306. The second-order valence-electron chi connectivity index (χ2n) is 8.41. The highest BCUT2D eigenvalue weighted by atomic mass is 127. The molecular weight excluding hydrogens is 539 g/mol. The number of nitrogens with one attached hydrogen (secondary N) is 3. The quantitative estimate of drug-likeness (QED) is 0.276. The van der Waals surface area contributed by atoms with Gasteiger partial charge in [-0.3, -0.25) is 9.79 Å². The highest BCUT2D eigenvalue weighted by Gasteiger charge is 2.26. The van der Waals surface area contributed by atoms with Crippen LogP contribution in [0, 0.1) is 17.6 Å². The van der Waals surface area contributed by atoms with Gasteiger partial charge in [0.25, 0.3) is 0 Å². The van der Waals surface area contributed by atoms with E-state index in [0.717, 1.165) is 43.0 Å². The van der Waals surface area contributed by atoms with Crippen molar-refractivity contribution in [2.75, 3.05) is 30.4 Å². The molecule has 1 saturated carbocycles. The number of amides is 1. The summed E-state index contributed by atoms with van der Waals surface area (Å²) in [6.45, 7) is 1.84. The smallest absolute Gasteiger partial charge is 0.227 e. The predicted octanol–water partition coefficient (Wildman–Crippen LogP) is 4.27. The summed E-state index contributed by atoms with van der Waals surface area (Å²) in [7, 11) is 1.71. The summed E-state index contributed by atoms with van der Waals surface area (Å²) < 4.78 is 27.3. The van der Waals surface area contributed by atoms with Gasteiger partial charge < -0.3 is 20.9 Å². The molecule has 1 aliphatic heterocycles. The van der Waals surface area contributed by atoms with E-state index in [0.29, 0.717) is 31.3 Å². The number of hydrogen-bond donors (Lipinski definition) is 3. The minimum Gasteiger partial charge on any atom is -0.367 e. The number of hydrogen-bond acceptors (Lipinski definition) is 3. The molecule has 2 aromatic carbocycles. The van der Waals surface area contributed by atoms with Crippen molar-refractivity contribution in [1.82, 2.24) is 10.6 Å². The molecule has 1 unspecified atom stereocenters. The molecule has 0 spiro atoms. The van der Waals surface area contributed by atoms with E-state index in [2.05, 4.69) is 20.9 Å². The molecule has 1 heterocycles. The van der Waals surface area contributed by atoms with Crippen LogP contribution in [0.4, 0.5) is 20.2 Å². The van der Waals surface area contributed by atoms with Crippen LogP contribution in [0.3, 0.4) is 0 Å². The van der Waals surface area contributed by atoms with Crippen LogP contribution in [0.2, 0.25) is 0 Å². The van der Waals surface area contributed by atoms with Gasteiger partial charge >= 0.3 is 0 Å². The van der Waals surface area contributed by atoms with Crippen molar-refractivity contribution in [3.63, 3.8) is 0 Å². The fraction of sp³-hybridized carbons (Fsp3) is 0.417. The van der Waals surface area contributed by atoms with Gasteiger partial charge in [-0.05, 0) is 49.1 Å². The summed E-state index contributed by atoms with van der Waals surface area (Å²) >= 11 is 0. The Bertz CT molecular complexity index is 999. The highest BCUT2D eigenvalue weighted by molar-refractivity contribution is 14.0. The number of nitrogens with zero attached hydrogens (tertiary/aromatic N) is 2. The first-order valence-electron chi connectivity index (χ1n) is 11.1. The number of anilines is 2. The number of guanidine groups is 1. The van der Waals surface area contributed by atoms with Gasteiger partial charge in [-0.15, -0.1) is 24.0 Å². The fourth-order valence-corrected chi connectivity index (χ4v) is 4.08.